The molecule has 1 amide bonds. The Morgan fingerprint density at radius 3 is 2.89 bits per heavy atom. The molecule has 0 unspecified atom stereocenters. The minimum atomic E-state index is -0.113. The number of carbonyl (C=O) groups is 1. The third-order valence-electron chi connectivity index (χ3n) is 4.23. The zero-order chi connectivity index (χ0) is 18.8. The molecule has 4 aromatic rings. The van der Waals surface area contributed by atoms with E-state index in [2.05, 4.69) is 15.3 Å². The molecule has 0 aliphatic heterocycles. The van der Waals surface area contributed by atoms with E-state index in [0.29, 0.717) is 10.7 Å². The van der Waals surface area contributed by atoms with E-state index < -0.39 is 0 Å². The quantitative estimate of drug-likeness (QED) is 0.541. The molecule has 0 radical (unpaired) electrons. The molecule has 3 heterocycles. The van der Waals surface area contributed by atoms with Crippen LogP contribution < -0.4 is 5.32 Å². The SMILES string of the molecule is C[C@@H](Cc1ccncc1)NC(=O)c1csc2nc(-c3cccc(Cl)c3)cn12. The van der Waals surface area contributed by atoms with Gasteiger partial charge in [-0.2, -0.15) is 0 Å². The van der Waals surface area contributed by atoms with E-state index in [4.69, 9.17) is 11.6 Å². The predicted octanol–water partition coefficient (Wildman–Crippen LogP) is 4.47. The fourth-order valence-corrected chi connectivity index (χ4v) is 4.00. The van der Waals surface area contributed by atoms with Crippen LogP contribution in [0.25, 0.3) is 16.2 Å². The number of halogens is 1. The van der Waals surface area contributed by atoms with Crippen LogP contribution >= 0.6 is 22.9 Å². The zero-order valence-electron chi connectivity index (χ0n) is 14.6. The number of fused-ring (bicyclic) bond motifs is 1. The number of carbonyl (C=O) groups excluding carboxylic acids is 1. The smallest absolute Gasteiger partial charge is 0.269 e. The van der Waals surface area contributed by atoms with E-state index >= 15 is 0 Å². The average molecular weight is 397 g/mol. The summed E-state index contributed by atoms with van der Waals surface area (Å²) in [5.41, 5.74) is 3.44. The van der Waals surface area contributed by atoms with Gasteiger partial charge in [-0.3, -0.25) is 14.2 Å². The molecule has 0 aliphatic rings. The van der Waals surface area contributed by atoms with Crippen LogP contribution in [-0.2, 0) is 6.42 Å². The number of nitrogens with one attached hydrogen (secondary N) is 1. The summed E-state index contributed by atoms with van der Waals surface area (Å²) < 4.78 is 1.83. The minimum absolute atomic E-state index is 0.00534. The van der Waals surface area contributed by atoms with Crippen molar-refractivity contribution in [3.05, 3.63) is 76.6 Å². The molecule has 1 atom stereocenters. The minimum Gasteiger partial charge on any atom is -0.348 e. The predicted molar refractivity (Wildman–Crippen MR) is 108 cm³/mol. The number of rotatable bonds is 5. The highest BCUT2D eigenvalue weighted by molar-refractivity contribution is 7.15. The van der Waals surface area contributed by atoms with E-state index in [1.54, 1.807) is 12.4 Å². The molecule has 0 fully saturated rings. The van der Waals surface area contributed by atoms with Gasteiger partial charge in [-0.05, 0) is 43.2 Å². The molecule has 0 spiro atoms. The maximum Gasteiger partial charge on any atom is 0.269 e. The number of pyridine rings is 1. The van der Waals surface area contributed by atoms with Crippen molar-refractivity contribution in [3.63, 3.8) is 0 Å². The van der Waals surface area contributed by atoms with Crippen molar-refractivity contribution >= 4 is 33.8 Å². The lowest BCUT2D eigenvalue weighted by Crippen LogP contribution is -2.34. The number of aromatic nitrogens is 3. The molecule has 1 aromatic carbocycles. The number of amides is 1. The van der Waals surface area contributed by atoms with Gasteiger partial charge in [-0.1, -0.05) is 23.7 Å². The highest BCUT2D eigenvalue weighted by Crippen LogP contribution is 2.25. The molecular weight excluding hydrogens is 380 g/mol. The lowest BCUT2D eigenvalue weighted by atomic mass is 10.1. The average Bonchev–Trinajstić information content (AvgIpc) is 3.23. The second kappa shape index (κ2) is 7.50. The van der Waals surface area contributed by atoms with Gasteiger partial charge in [-0.25, -0.2) is 4.98 Å². The Kier molecular flexibility index (Phi) is 4.92. The van der Waals surface area contributed by atoms with Crippen molar-refractivity contribution in [1.29, 1.82) is 0 Å². The summed E-state index contributed by atoms with van der Waals surface area (Å²) in [6.07, 6.45) is 6.14. The first-order valence-electron chi connectivity index (χ1n) is 8.52. The van der Waals surface area contributed by atoms with Gasteiger partial charge in [0.2, 0.25) is 0 Å². The van der Waals surface area contributed by atoms with E-state index in [1.807, 2.05) is 59.3 Å². The van der Waals surface area contributed by atoms with Gasteiger partial charge in [0.15, 0.2) is 4.96 Å². The van der Waals surface area contributed by atoms with Gasteiger partial charge in [0, 0.05) is 40.6 Å². The molecule has 1 N–H and O–H groups in total. The summed E-state index contributed by atoms with van der Waals surface area (Å²) in [5, 5.41) is 5.55. The zero-order valence-corrected chi connectivity index (χ0v) is 16.2. The van der Waals surface area contributed by atoms with E-state index in [1.165, 1.54) is 11.3 Å². The topological polar surface area (TPSA) is 59.3 Å². The third-order valence-corrected chi connectivity index (χ3v) is 5.31. The summed E-state index contributed by atoms with van der Waals surface area (Å²) in [6, 6.07) is 11.5. The molecule has 0 saturated carbocycles. The first kappa shape index (κ1) is 17.7. The molecule has 0 aliphatic carbocycles. The molecule has 0 saturated heterocycles. The van der Waals surface area contributed by atoms with Gasteiger partial charge in [0.05, 0.1) is 5.69 Å². The first-order valence-corrected chi connectivity index (χ1v) is 9.78. The molecule has 27 heavy (non-hydrogen) atoms. The van der Waals surface area contributed by atoms with Crippen molar-refractivity contribution in [2.24, 2.45) is 0 Å². The molecular formula is C20H17ClN4OS. The van der Waals surface area contributed by atoms with Crippen LogP contribution in [0.1, 0.15) is 23.0 Å². The largest absolute Gasteiger partial charge is 0.348 e. The van der Waals surface area contributed by atoms with Crippen LogP contribution in [0.2, 0.25) is 5.02 Å². The Morgan fingerprint density at radius 2 is 2.11 bits per heavy atom. The molecule has 5 nitrogen and oxygen atoms in total. The van der Waals surface area contributed by atoms with Crippen LogP contribution in [-0.4, -0.2) is 26.3 Å². The van der Waals surface area contributed by atoms with Crippen LogP contribution in [0.15, 0.2) is 60.4 Å². The second-order valence-corrected chi connectivity index (χ2v) is 7.62. The van der Waals surface area contributed by atoms with Crippen molar-refractivity contribution in [2.75, 3.05) is 0 Å². The summed E-state index contributed by atoms with van der Waals surface area (Å²) in [6.45, 7) is 1.99. The van der Waals surface area contributed by atoms with Gasteiger partial charge >= 0.3 is 0 Å². The van der Waals surface area contributed by atoms with E-state index in [9.17, 15) is 4.79 Å². The summed E-state index contributed by atoms with van der Waals surface area (Å²) >= 11 is 7.52. The Labute approximate surface area is 165 Å². The number of imidazole rings is 1. The Morgan fingerprint density at radius 1 is 1.30 bits per heavy atom. The standard InChI is InChI=1S/C20H17ClN4OS/c1-13(9-14-5-7-22-8-6-14)23-19(26)18-12-27-20-24-17(11-25(18)20)15-3-2-4-16(21)10-15/h2-8,10-13H,9H2,1H3,(H,23,26)/t13-/m0/s1. The Hall–Kier alpha value is -2.70. The van der Waals surface area contributed by atoms with Crippen molar-refractivity contribution in [3.8, 4) is 11.3 Å². The van der Waals surface area contributed by atoms with Crippen LogP contribution in [0.5, 0.6) is 0 Å². The summed E-state index contributed by atoms with van der Waals surface area (Å²) in [7, 11) is 0. The highest BCUT2D eigenvalue weighted by atomic mass is 35.5. The molecule has 4 rings (SSSR count). The van der Waals surface area contributed by atoms with Gasteiger partial charge in [0.25, 0.3) is 5.91 Å². The third kappa shape index (κ3) is 3.86. The second-order valence-electron chi connectivity index (χ2n) is 6.34. The van der Waals surface area contributed by atoms with Crippen LogP contribution in [0, 0.1) is 0 Å². The molecule has 136 valence electrons. The fraction of sp³-hybridized carbons (Fsp3) is 0.150. The van der Waals surface area contributed by atoms with Gasteiger partial charge < -0.3 is 5.32 Å². The Balaban J connectivity index is 1.54. The number of thiazole rings is 1. The number of benzene rings is 1. The van der Waals surface area contributed by atoms with Crippen molar-refractivity contribution in [2.45, 2.75) is 19.4 Å². The van der Waals surface area contributed by atoms with E-state index in [-0.39, 0.29) is 11.9 Å². The normalized spacial score (nSPS) is 12.2. The van der Waals surface area contributed by atoms with Crippen LogP contribution in [0.3, 0.4) is 0 Å². The summed E-state index contributed by atoms with van der Waals surface area (Å²) in [4.78, 5) is 22.1. The molecule has 0 bridgehead atoms. The summed E-state index contributed by atoms with van der Waals surface area (Å²) in [5.74, 6) is -0.113. The maximum absolute atomic E-state index is 12.7. The highest BCUT2D eigenvalue weighted by Gasteiger charge is 2.17. The first-order chi connectivity index (χ1) is 13.1. The maximum atomic E-state index is 12.7. The number of hydrogen-bond acceptors (Lipinski definition) is 4. The molecule has 3 aromatic heterocycles. The van der Waals surface area contributed by atoms with Gasteiger partial charge in [-0.15, -0.1) is 11.3 Å². The number of nitrogens with zero attached hydrogens (tertiary/aromatic N) is 3. The fourth-order valence-electron chi connectivity index (χ4n) is 2.96. The van der Waals surface area contributed by atoms with Crippen molar-refractivity contribution < 1.29 is 4.79 Å². The number of hydrogen-bond donors (Lipinski definition) is 1. The Bertz CT molecular complexity index is 1090. The van der Waals surface area contributed by atoms with E-state index in [0.717, 1.165) is 28.2 Å². The van der Waals surface area contributed by atoms with Crippen LogP contribution in [0.4, 0.5) is 0 Å². The lowest BCUT2D eigenvalue weighted by molar-refractivity contribution is 0.0934. The molecule has 7 heteroatoms. The lowest BCUT2D eigenvalue weighted by Gasteiger charge is -2.13. The van der Waals surface area contributed by atoms with Gasteiger partial charge in [0.1, 0.15) is 5.69 Å². The monoisotopic (exact) mass is 396 g/mol. The van der Waals surface area contributed by atoms with Crippen molar-refractivity contribution in [1.82, 2.24) is 19.7 Å².